The number of hydrogen-bond acceptors (Lipinski definition) is 7. The molecule has 0 aromatic heterocycles. The number of methoxy groups -OCH3 is 2. The Morgan fingerprint density at radius 2 is 1.69 bits per heavy atom. The van der Waals surface area contributed by atoms with Crippen molar-refractivity contribution in [2.75, 3.05) is 27.3 Å². The van der Waals surface area contributed by atoms with Crippen molar-refractivity contribution in [3.63, 3.8) is 0 Å². The molecule has 3 fully saturated rings. The van der Waals surface area contributed by atoms with E-state index in [1.807, 2.05) is 18.2 Å². The fraction of sp³-hybridized carbons (Fsp3) is 0.423. The summed E-state index contributed by atoms with van der Waals surface area (Å²) in [5.41, 5.74) is 1.42. The summed E-state index contributed by atoms with van der Waals surface area (Å²) in [7, 11) is 2.92. The van der Waals surface area contributed by atoms with E-state index in [0.717, 1.165) is 19.6 Å². The van der Waals surface area contributed by atoms with Gasteiger partial charge in [-0.1, -0.05) is 36.4 Å². The summed E-state index contributed by atoms with van der Waals surface area (Å²) >= 11 is 1.52. The third kappa shape index (κ3) is 4.08. The molecule has 3 atom stereocenters. The van der Waals surface area contributed by atoms with Gasteiger partial charge in [-0.15, -0.1) is 11.8 Å². The number of hydrogen-bond donors (Lipinski definition) is 2. The number of benzene rings is 2. The molecule has 2 aromatic rings. The molecule has 3 aliphatic rings. The zero-order valence-electron chi connectivity index (χ0n) is 20.2. The van der Waals surface area contributed by atoms with Crippen LogP contribution < -0.4 is 14.8 Å². The topological polar surface area (TPSA) is 108 Å². The van der Waals surface area contributed by atoms with Crippen molar-refractivity contribution in [2.45, 2.75) is 41.6 Å². The number of thioether (sulfide) groups is 1. The number of fused-ring (bicyclic) bond motifs is 1. The summed E-state index contributed by atoms with van der Waals surface area (Å²) in [5, 5.41) is 12.5. The molecule has 0 radical (unpaired) electrons. The monoisotopic (exact) mass is 511 g/mol. The number of ether oxygens (including phenoxy) is 2. The molecular formula is C26H29N3O6S. The van der Waals surface area contributed by atoms with Crippen molar-refractivity contribution in [1.29, 1.82) is 0 Å². The van der Waals surface area contributed by atoms with Crippen LogP contribution in [-0.2, 0) is 16.1 Å². The standard InChI is InChI=1S/C26H29N3O6S/c1-34-17-9-6-10-18(35-2)19(17)22(30)27-20-23(31)29-21(25(32)33)26(36-24(20)29)11-13-28(14-12-26)15-16-7-4-3-5-8-16/h3-10,20-21,24H,11-15H2,1-2H3,(H,27,30)(H,32,33)/t20?,21?,24-/m0/s1. The predicted octanol–water partition coefficient (Wildman–Crippen LogP) is 2.21. The predicted molar refractivity (Wildman–Crippen MR) is 134 cm³/mol. The molecule has 5 rings (SSSR count). The maximum atomic E-state index is 13.2. The van der Waals surface area contributed by atoms with Crippen molar-refractivity contribution < 1.29 is 29.0 Å². The van der Waals surface area contributed by atoms with Crippen molar-refractivity contribution in [1.82, 2.24) is 15.1 Å². The van der Waals surface area contributed by atoms with Gasteiger partial charge in [0.2, 0.25) is 5.91 Å². The van der Waals surface area contributed by atoms with Crippen LogP contribution in [0.25, 0.3) is 0 Å². The summed E-state index contributed by atoms with van der Waals surface area (Å²) < 4.78 is 10.1. The number of rotatable bonds is 7. The van der Waals surface area contributed by atoms with E-state index in [-0.39, 0.29) is 11.5 Å². The van der Waals surface area contributed by atoms with Gasteiger partial charge in [0, 0.05) is 6.54 Å². The van der Waals surface area contributed by atoms with Gasteiger partial charge in [-0.25, -0.2) is 4.79 Å². The number of carbonyl (C=O) groups excluding carboxylic acids is 2. The second-order valence-corrected chi connectivity index (χ2v) is 10.8. The molecule has 0 aliphatic carbocycles. The van der Waals surface area contributed by atoms with Gasteiger partial charge in [-0.05, 0) is 43.6 Å². The minimum absolute atomic E-state index is 0.204. The molecule has 0 saturated carbocycles. The number of likely N-dealkylation sites (tertiary alicyclic amines) is 1. The first-order chi connectivity index (χ1) is 17.4. The van der Waals surface area contributed by atoms with Crippen LogP contribution >= 0.6 is 11.8 Å². The van der Waals surface area contributed by atoms with Crippen LogP contribution in [0.1, 0.15) is 28.8 Å². The van der Waals surface area contributed by atoms with E-state index < -0.39 is 34.1 Å². The van der Waals surface area contributed by atoms with Gasteiger partial charge in [-0.3, -0.25) is 14.5 Å². The van der Waals surface area contributed by atoms with E-state index in [2.05, 4.69) is 22.3 Å². The Hall–Kier alpha value is -3.24. The van der Waals surface area contributed by atoms with Crippen molar-refractivity contribution >= 4 is 29.5 Å². The van der Waals surface area contributed by atoms with Crippen LogP contribution in [0.5, 0.6) is 11.5 Å². The van der Waals surface area contributed by atoms with Crippen LogP contribution in [0.4, 0.5) is 0 Å². The number of carbonyl (C=O) groups is 3. The van der Waals surface area contributed by atoms with Crippen molar-refractivity contribution in [3.8, 4) is 11.5 Å². The lowest BCUT2D eigenvalue weighted by Crippen LogP contribution is -2.71. The molecule has 2 unspecified atom stereocenters. The smallest absolute Gasteiger partial charge is 0.327 e. The highest BCUT2D eigenvalue weighted by Crippen LogP contribution is 2.55. The van der Waals surface area contributed by atoms with Gasteiger partial charge in [0.15, 0.2) is 0 Å². The zero-order chi connectivity index (χ0) is 25.4. The maximum absolute atomic E-state index is 13.2. The number of nitrogens with zero attached hydrogens (tertiary/aromatic N) is 2. The Labute approximate surface area is 213 Å². The number of nitrogens with one attached hydrogen (secondary N) is 1. The third-order valence-electron chi connectivity index (χ3n) is 7.34. The molecule has 2 N–H and O–H groups in total. The van der Waals surface area contributed by atoms with Crippen LogP contribution in [0.15, 0.2) is 48.5 Å². The van der Waals surface area contributed by atoms with E-state index in [1.165, 1.54) is 36.4 Å². The molecule has 9 nitrogen and oxygen atoms in total. The molecule has 0 bridgehead atoms. The number of carboxylic acids is 1. The summed E-state index contributed by atoms with van der Waals surface area (Å²) in [4.78, 5) is 42.4. The highest BCUT2D eigenvalue weighted by atomic mass is 32.2. The first-order valence-corrected chi connectivity index (χ1v) is 12.8. The minimum Gasteiger partial charge on any atom is -0.496 e. The molecule has 1 spiro atoms. The molecule has 2 aromatic carbocycles. The Bertz CT molecular complexity index is 1150. The van der Waals surface area contributed by atoms with Crippen molar-refractivity contribution in [2.24, 2.45) is 0 Å². The van der Waals surface area contributed by atoms with Gasteiger partial charge < -0.3 is 24.8 Å². The summed E-state index contributed by atoms with van der Waals surface area (Å²) in [5.74, 6) is -1.19. The molecular weight excluding hydrogens is 482 g/mol. The molecule has 10 heteroatoms. The van der Waals surface area contributed by atoms with Crippen molar-refractivity contribution in [3.05, 3.63) is 59.7 Å². The number of carboxylic acid groups (broad SMARTS) is 1. The molecule has 3 saturated heterocycles. The van der Waals surface area contributed by atoms with Crippen LogP contribution in [0, 0.1) is 0 Å². The quantitative estimate of drug-likeness (QED) is 0.545. The molecule has 190 valence electrons. The normalized spacial score (nSPS) is 24.7. The van der Waals surface area contributed by atoms with Crippen LogP contribution in [0.3, 0.4) is 0 Å². The summed E-state index contributed by atoms with van der Waals surface area (Å²) in [6.45, 7) is 2.30. The van der Waals surface area contributed by atoms with Crippen LogP contribution in [0.2, 0.25) is 0 Å². The lowest BCUT2D eigenvalue weighted by molar-refractivity contribution is -0.160. The van der Waals surface area contributed by atoms with Gasteiger partial charge >= 0.3 is 5.97 Å². The van der Waals surface area contributed by atoms with Gasteiger partial charge in [0.05, 0.1) is 19.0 Å². The third-order valence-corrected chi connectivity index (χ3v) is 9.18. The summed E-state index contributed by atoms with van der Waals surface area (Å²) in [6, 6.07) is 13.5. The number of piperidine rings is 1. The summed E-state index contributed by atoms with van der Waals surface area (Å²) in [6.07, 6.45) is 1.31. The lowest BCUT2D eigenvalue weighted by atomic mass is 9.85. The second-order valence-electron chi connectivity index (χ2n) is 9.31. The molecule has 36 heavy (non-hydrogen) atoms. The lowest BCUT2D eigenvalue weighted by Gasteiger charge is -2.44. The van der Waals surface area contributed by atoms with E-state index in [0.29, 0.717) is 24.3 Å². The Morgan fingerprint density at radius 3 is 2.28 bits per heavy atom. The Morgan fingerprint density at radius 1 is 1.06 bits per heavy atom. The van der Waals surface area contributed by atoms with Crippen LogP contribution in [-0.4, -0.2) is 82.2 Å². The average Bonchev–Trinajstić information content (AvgIpc) is 3.19. The SMILES string of the molecule is COc1cccc(OC)c1C(=O)NC1C(=O)N2C(C(=O)O)C3(CCN(Cc4ccccc4)CC3)S[C@@H]12. The maximum Gasteiger partial charge on any atom is 0.327 e. The largest absolute Gasteiger partial charge is 0.496 e. The van der Waals surface area contributed by atoms with Gasteiger partial charge in [0.1, 0.15) is 34.5 Å². The number of amides is 2. The van der Waals surface area contributed by atoms with E-state index in [1.54, 1.807) is 18.2 Å². The molecule has 2 amide bonds. The Kier molecular flexibility index (Phi) is 6.57. The highest BCUT2D eigenvalue weighted by Gasteiger charge is 2.67. The average molecular weight is 512 g/mol. The zero-order valence-corrected chi connectivity index (χ0v) is 21.0. The highest BCUT2D eigenvalue weighted by molar-refractivity contribution is 8.01. The number of aliphatic carboxylic acids is 1. The van der Waals surface area contributed by atoms with E-state index >= 15 is 0 Å². The van der Waals surface area contributed by atoms with E-state index in [9.17, 15) is 19.5 Å². The molecule has 3 heterocycles. The van der Waals surface area contributed by atoms with Gasteiger partial charge in [-0.2, -0.15) is 0 Å². The molecule has 3 aliphatic heterocycles. The Balaban J connectivity index is 1.31. The minimum atomic E-state index is -0.994. The fourth-order valence-electron chi connectivity index (χ4n) is 5.53. The number of β-lactam (4-membered cyclic amide) rings is 1. The fourth-order valence-corrected chi connectivity index (χ4v) is 7.43. The first kappa shape index (κ1) is 24.5. The first-order valence-electron chi connectivity index (χ1n) is 11.9. The van der Waals surface area contributed by atoms with E-state index in [4.69, 9.17) is 9.47 Å². The second kappa shape index (κ2) is 9.67. The van der Waals surface area contributed by atoms with Gasteiger partial charge in [0.25, 0.3) is 5.91 Å².